The van der Waals surface area contributed by atoms with E-state index in [1.54, 1.807) is 18.0 Å². The highest BCUT2D eigenvalue weighted by molar-refractivity contribution is 8.05. The number of allylic oxidation sites excluding steroid dienone is 1. The molecule has 0 saturated carbocycles. The summed E-state index contributed by atoms with van der Waals surface area (Å²) in [6.07, 6.45) is 2.44. The highest BCUT2D eigenvalue weighted by Crippen LogP contribution is 2.25. The molecule has 198 valence electrons. The Bertz CT molecular complexity index is 1080. The van der Waals surface area contributed by atoms with Gasteiger partial charge < -0.3 is 14.6 Å². The highest BCUT2D eigenvalue weighted by atomic mass is 32.2. The lowest BCUT2D eigenvalue weighted by Gasteiger charge is -2.30. The van der Waals surface area contributed by atoms with Gasteiger partial charge in [0.2, 0.25) is 11.8 Å². The van der Waals surface area contributed by atoms with Gasteiger partial charge in [-0.15, -0.1) is 11.8 Å². The second kappa shape index (κ2) is 13.2. The average molecular weight is 513 g/mol. The van der Waals surface area contributed by atoms with Crippen LogP contribution in [0.4, 0.5) is 0 Å². The summed E-state index contributed by atoms with van der Waals surface area (Å²) in [6.45, 7) is 21.8. The lowest BCUT2D eigenvalue weighted by atomic mass is 9.91. The van der Waals surface area contributed by atoms with Crippen LogP contribution in [0.5, 0.6) is 0 Å². The van der Waals surface area contributed by atoms with Crippen molar-refractivity contribution in [2.24, 2.45) is 17.3 Å². The molecule has 6 heteroatoms. The smallest absolute Gasteiger partial charge is 0.245 e. The Balaban J connectivity index is 2.29. The first-order chi connectivity index (χ1) is 16.7. The topological polar surface area (TPSA) is 62.6 Å². The third-order valence-corrected chi connectivity index (χ3v) is 6.97. The molecule has 0 bridgehead atoms. The van der Waals surface area contributed by atoms with Gasteiger partial charge in [0.05, 0.1) is 6.26 Å². The number of carbonyl (C=O) groups is 2. The number of hydrogen-bond acceptors (Lipinski definition) is 4. The number of carbonyl (C=O) groups excluding carboxylic acids is 2. The minimum absolute atomic E-state index is 0.0568. The van der Waals surface area contributed by atoms with Crippen molar-refractivity contribution in [3.8, 4) is 0 Å². The Morgan fingerprint density at radius 2 is 1.86 bits per heavy atom. The van der Waals surface area contributed by atoms with Gasteiger partial charge in [0.15, 0.2) is 0 Å². The van der Waals surface area contributed by atoms with Gasteiger partial charge in [0, 0.05) is 31.3 Å². The van der Waals surface area contributed by atoms with Gasteiger partial charge in [0.25, 0.3) is 0 Å². The Kier molecular flexibility index (Phi) is 10.9. The third kappa shape index (κ3) is 9.88. The molecule has 2 aromatic rings. The largest absolute Gasteiger partial charge is 0.464 e. The van der Waals surface area contributed by atoms with Gasteiger partial charge >= 0.3 is 0 Å². The molecule has 0 saturated heterocycles. The molecular weight excluding hydrogens is 468 g/mol. The molecule has 0 radical (unpaired) electrons. The number of rotatable bonds is 12. The molecule has 1 atom stereocenters. The van der Waals surface area contributed by atoms with Crippen molar-refractivity contribution in [3.05, 3.63) is 58.6 Å². The van der Waals surface area contributed by atoms with Crippen molar-refractivity contribution in [3.63, 3.8) is 0 Å². The van der Waals surface area contributed by atoms with E-state index in [0.717, 1.165) is 27.0 Å². The summed E-state index contributed by atoms with van der Waals surface area (Å²) in [6, 6.07) is 7.18. The van der Waals surface area contributed by atoms with Crippen LogP contribution >= 0.6 is 11.8 Å². The van der Waals surface area contributed by atoms with E-state index in [9.17, 15) is 9.59 Å². The number of nitrogens with zero attached hydrogens (tertiary/aromatic N) is 1. The quantitative estimate of drug-likeness (QED) is 0.327. The van der Waals surface area contributed by atoms with E-state index in [0.29, 0.717) is 37.8 Å². The van der Waals surface area contributed by atoms with Crippen molar-refractivity contribution in [2.45, 2.75) is 74.3 Å². The Morgan fingerprint density at radius 3 is 2.47 bits per heavy atom. The second-order valence-electron chi connectivity index (χ2n) is 11.7. The Morgan fingerprint density at radius 1 is 1.17 bits per heavy atom. The van der Waals surface area contributed by atoms with E-state index >= 15 is 0 Å². The van der Waals surface area contributed by atoms with Crippen LogP contribution in [-0.4, -0.2) is 35.8 Å². The number of benzene rings is 1. The molecule has 1 aromatic carbocycles. The van der Waals surface area contributed by atoms with E-state index < -0.39 is 6.04 Å². The van der Waals surface area contributed by atoms with E-state index in [4.69, 9.17) is 4.42 Å². The molecule has 0 fully saturated rings. The van der Waals surface area contributed by atoms with Crippen molar-refractivity contribution in [2.75, 3.05) is 13.1 Å². The van der Waals surface area contributed by atoms with E-state index in [2.05, 4.69) is 45.0 Å². The zero-order valence-electron chi connectivity index (χ0n) is 23.3. The number of fused-ring (bicyclic) bond motifs is 1. The SMILES string of the molecule is C=C(S/C=C(\C)CN(CC(C)C)C(=O)[C@@H](Cc1ccc2occc2c1)NC(=O)CC(C)(C)C)C(C)C. The fraction of sp³-hybridized carbons (Fsp3) is 0.533. The maximum Gasteiger partial charge on any atom is 0.245 e. The normalized spacial score (nSPS) is 13.3. The standard InChI is InChI=1S/C30H44N2O3S/c1-20(2)17-32(18-22(5)19-36-23(6)21(3)4)29(34)26(31-28(33)16-30(7,8)9)15-24-10-11-27-25(14-24)12-13-35-27/h10-14,19-21,26H,6,15-18H2,1-5,7-9H3,(H,31,33)/b22-19+/t26-/m1/s1. The van der Waals surface area contributed by atoms with Gasteiger partial charge in [-0.2, -0.15) is 0 Å². The molecule has 36 heavy (non-hydrogen) atoms. The van der Waals surface area contributed by atoms with Crippen molar-refractivity contribution in [1.82, 2.24) is 10.2 Å². The summed E-state index contributed by atoms with van der Waals surface area (Å²) in [5.41, 5.74) is 2.72. The van der Waals surface area contributed by atoms with Gasteiger partial charge in [-0.25, -0.2) is 0 Å². The summed E-state index contributed by atoms with van der Waals surface area (Å²) in [5.74, 6) is 0.528. The lowest BCUT2D eigenvalue weighted by molar-refractivity contribution is -0.137. The molecule has 2 amide bonds. The van der Waals surface area contributed by atoms with Crippen LogP contribution < -0.4 is 5.32 Å². The van der Waals surface area contributed by atoms with Crippen LogP contribution in [-0.2, 0) is 16.0 Å². The fourth-order valence-corrected chi connectivity index (χ4v) is 4.55. The highest BCUT2D eigenvalue weighted by Gasteiger charge is 2.28. The average Bonchev–Trinajstić information content (AvgIpc) is 3.22. The fourth-order valence-electron chi connectivity index (χ4n) is 3.85. The first-order valence-corrected chi connectivity index (χ1v) is 13.7. The summed E-state index contributed by atoms with van der Waals surface area (Å²) in [5, 5.41) is 6.14. The lowest BCUT2D eigenvalue weighted by Crippen LogP contribution is -2.51. The monoisotopic (exact) mass is 512 g/mol. The van der Waals surface area contributed by atoms with Crippen LogP contribution in [0.2, 0.25) is 0 Å². The van der Waals surface area contributed by atoms with Crippen LogP contribution in [0.3, 0.4) is 0 Å². The molecule has 0 aliphatic rings. The predicted molar refractivity (Wildman–Crippen MR) is 153 cm³/mol. The molecule has 0 spiro atoms. The first kappa shape index (κ1) is 29.8. The first-order valence-electron chi connectivity index (χ1n) is 12.8. The van der Waals surface area contributed by atoms with Crippen molar-refractivity contribution in [1.29, 1.82) is 0 Å². The summed E-state index contributed by atoms with van der Waals surface area (Å²) < 4.78 is 5.47. The van der Waals surface area contributed by atoms with Crippen LogP contribution in [0.1, 0.15) is 67.4 Å². The number of hydrogen-bond donors (Lipinski definition) is 1. The van der Waals surface area contributed by atoms with Gasteiger partial charge in [-0.05, 0) is 63.8 Å². The number of nitrogens with one attached hydrogen (secondary N) is 1. The maximum atomic E-state index is 13.9. The Labute approximate surface area is 221 Å². The van der Waals surface area contributed by atoms with E-state index in [1.807, 2.05) is 56.9 Å². The minimum Gasteiger partial charge on any atom is -0.464 e. The summed E-state index contributed by atoms with van der Waals surface area (Å²) >= 11 is 1.62. The zero-order valence-corrected chi connectivity index (χ0v) is 24.1. The number of furan rings is 1. The van der Waals surface area contributed by atoms with Crippen LogP contribution in [0.15, 0.2) is 57.4 Å². The van der Waals surface area contributed by atoms with Crippen molar-refractivity contribution >= 4 is 34.5 Å². The van der Waals surface area contributed by atoms with Gasteiger partial charge in [0.1, 0.15) is 11.6 Å². The molecule has 1 heterocycles. The van der Waals surface area contributed by atoms with Gasteiger partial charge in [-0.3, -0.25) is 9.59 Å². The molecule has 5 nitrogen and oxygen atoms in total. The van der Waals surface area contributed by atoms with Crippen molar-refractivity contribution < 1.29 is 14.0 Å². The molecule has 0 aliphatic carbocycles. The second-order valence-corrected chi connectivity index (χ2v) is 12.7. The summed E-state index contributed by atoms with van der Waals surface area (Å²) in [4.78, 5) is 29.8. The minimum atomic E-state index is -0.644. The molecule has 0 aliphatic heterocycles. The number of thioether (sulfide) groups is 1. The Hall–Kier alpha value is -2.47. The third-order valence-electron chi connectivity index (χ3n) is 5.67. The molecule has 1 N–H and O–H groups in total. The molecule has 0 unspecified atom stereocenters. The van der Waals surface area contributed by atoms with E-state index in [1.165, 1.54) is 0 Å². The van der Waals surface area contributed by atoms with Crippen LogP contribution in [0.25, 0.3) is 11.0 Å². The zero-order chi connectivity index (χ0) is 27.0. The number of amides is 2. The molecule has 2 rings (SSSR count). The van der Waals surface area contributed by atoms with Gasteiger partial charge in [-0.1, -0.05) is 61.1 Å². The predicted octanol–water partition coefficient (Wildman–Crippen LogP) is 7.19. The molecular formula is C30H44N2O3S. The maximum absolute atomic E-state index is 13.9. The molecule has 1 aromatic heterocycles. The van der Waals surface area contributed by atoms with Crippen LogP contribution in [0, 0.1) is 17.3 Å². The van der Waals surface area contributed by atoms with E-state index in [-0.39, 0.29) is 17.2 Å². The summed E-state index contributed by atoms with van der Waals surface area (Å²) in [7, 11) is 0.